The maximum absolute atomic E-state index is 13.6. The highest BCUT2D eigenvalue weighted by Gasteiger charge is 2.32. The molecule has 44 heavy (non-hydrogen) atoms. The first-order valence-corrected chi connectivity index (χ1v) is 16.2. The van der Waals surface area contributed by atoms with Gasteiger partial charge in [-0.05, 0) is 61.3 Å². The summed E-state index contributed by atoms with van der Waals surface area (Å²) in [5, 5.41) is 12.3. The summed E-state index contributed by atoms with van der Waals surface area (Å²) >= 11 is 0. The van der Waals surface area contributed by atoms with Crippen molar-refractivity contribution in [1.82, 2.24) is 26.0 Å². The van der Waals surface area contributed by atoms with Crippen LogP contribution in [0.5, 0.6) is 0 Å². The second kappa shape index (κ2) is 16.4. The molecule has 0 unspecified atom stereocenters. The minimum Gasteiger partial charge on any atom is -0.351 e. The van der Waals surface area contributed by atoms with Gasteiger partial charge in [-0.3, -0.25) is 19.2 Å². The van der Waals surface area contributed by atoms with E-state index in [2.05, 4.69) is 21.1 Å². The molecule has 4 rings (SSSR count). The van der Waals surface area contributed by atoms with E-state index in [1.54, 1.807) is 6.07 Å². The van der Waals surface area contributed by atoms with Gasteiger partial charge in [0.2, 0.25) is 17.6 Å². The number of aromatic nitrogens is 1. The normalized spacial score (nSPS) is 18.2. The third kappa shape index (κ3) is 9.14. The van der Waals surface area contributed by atoms with Gasteiger partial charge in [0.05, 0.1) is 6.20 Å². The number of nitrogens with one attached hydrogen (secondary N) is 3. The van der Waals surface area contributed by atoms with Crippen molar-refractivity contribution in [3.63, 3.8) is 0 Å². The van der Waals surface area contributed by atoms with Crippen molar-refractivity contribution in [2.24, 2.45) is 23.5 Å². The lowest BCUT2D eigenvalue weighted by molar-refractivity contribution is -0.131. The molecule has 11 heteroatoms. The summed E-state index contributed by atoms with van der Waals surface area (Å²) in [6, 6.07) is 7.14. The number of rotatable bonds is 13. The lowest BCUT2D eigenvalue weighted by Gasteiger charge is -2.31. The van der Waals surface area contributed by atoms with E-state index in [1.807, 2.05) is 36.9 Å². The van der Waals surface area contributed by atoms with Crippen LogP contribution < -0.4 is 21.7 Å². The first-order valence-electron chi connectivity index (χ1n) is 16.2. The van der Waals surface area contributed by atoms with Crippen molar-refractivity contribution in [3.05, 3.63) is 53.4 Å². The van der Waals surface area contributed by atoms with E-state index in [9.17, 15) is 19.2 Å². The number of nitrogens with zero attached hydrogens (tertiary/aromatic N) is 2. The van der Waals surface area contributed by atoms with E-state index in [-0.39, 0.29) is 30.0 Å². The number of carbonyl (C=O) groups excluding carboxylic acids is 4. The fraction of sp³-hybridized carbons (Fsp3) is 0.606. The van der Waals surface area contributed by atoms with Gasteiger partial charge in [-0.2, -0.15) is 0 Å². The Labute approximate surface area is 260 Å². The van der Waals surface area contributed by atoms with Crippen LogP contribution in [0.4, 0.5) is 0 Å². The average Bonchev–Trinajstić information content (AvgIpc) is 3.61. The summed E-state index contributed by atoms with van der Waals surface area (Å²) < 4.78 is 5.00. The molecule has 2 aromatic rings. The van der Waals surface area contributed by atoms with Crippen molar-refractivity contribution in [2.75, 3.05) is 19.6 Å². The SMILES string of the molecule is CC[C@@H](C)[C@@H](NC(=O)[C@@H](CC1CCCCC1)NC(=O)c1ccno1)C(=O)NCc1cccc(C(=O)N2CCC(CN)CC2)c1. The predicted octanol–water partition coefficient (Wildman–Crippen LogP) is 3.40. The molecule has 1 saturated carbocycles. The van der Waals surface area contributed by atoms with E-state index in [1.165, 1.54) is 18.7 Å². The van der Waals surface area contributed by atoms with E-state index >= 15 is 0 Å². The molecule has 1 aromatic carbocycles. The highest BCUT2D eigenvalue weighted by Crippen LogP contribution is 2.28. The molecular weight excluding hydrogens is 560 g/mol. The van der Waals surface area contributed by atoms with Gasteiger partial charge in [0.25, 0.3) is 11.8 Å². The minimum atomic E-state index is -0.812. The second-order valence-electron chi connectivity index (χ2n) is 12.4. The molecule has 5 N–H and O–H groups in total. The third-order valence-corrected chi connectivity index (χ3v) is 9.25. The van der Waals surface area contributed by atoms with Crippen LogP contribution in [0.25, 0.3) is 0 Å². The van der Waals surface area contributed by atoms with Gasteiger partial charge in [-0.15, -0.1) is 0 Å². The fourth-order valence-electron chi connectivity index (χ4n) is 6.17. The van der Waals surface area contributed by atoms with Crippen LogP contribution in [-0.4, -0.2) is 65.4 Å². The maximum Gasteiger partial charge on any atom is 0.290 e. The maximum atomic E-state index is 13.6. The largest absolute Gasteiger partial charge is 0.351 e. The molecule has 2 fully saturated rings. The number of benzene rings is 1. The lowest BCUT2D eigenvalue weighted by Crippen LogP contribution is -2.56. The molecule has 1 aromatic heterocycles. The Morgan fingerprint density at radius 2 is 1.75 bits per heavy atom. The van der Waals surface area contributed by atoms with Gasteiger partial charge in [-0.25, -0.2) is 0 Å². The highest BCUT2D eigenvalue weighted by atomic mass is 16.5. The fourth-order valence-corrected chi connectivity index (χ4v) is 6.17. The number of piperidine rings is 1. The van der Waals surface area contributed by atoms with Crippen LogP contribution in [0.3, 0.4) is 0 Å². The number of nitrogens with two attached hydrogens (primary N) is 1. The Bertz CT molecular complexity index is 1240. The zero-order valence-electron chi connectivity index (χ0n) is 26.1. The van der Waals surface area contributed by atoms with Crippen LogP contribution in [0.1, 0.15) is 98.1 Å². The van der Waals surface area contributed by atoms with Crippen molar-refractivity contribution < 1.29 is 23.7 Å². The van der Waals surface area contributed by atoms with Gasteiger partial charge in [0.15, 0.2) is 0 Å². The summed E-state index contributed by atoms with van der Waals surface area (Å²) in [6.45, 7) is 6.13. The van der Waals surface area contributed by atoms with Gasteiger partial charge in [0.1, 0.15) is 12.1 Å². The zero-order chi connectivity index (χ0) is 31.5. The quantitative estimate of drug-likeness (QED) is 0.271. The standard InChI is InChI=1S/C33H48N6O5/c1-3-22(2)29(38-30(40)27(19-23-8-5-4-6-9-23)37-31(41)28-12-15-36-44-28)32(42)35-21-25-10-7-11-26(18-25)33(43)39-16-13-24(20-34)14-17-39/h7,10-12,15,18,22-24,27,29H,3-6,8-9,13-14,16-17,19-21,34H2,1-2H3,(H,35,42)(H,37,41)(H,38,40)/t22-,27-,29-/m1/s1. The number of amides is 4. The van der Waals surface area contributed by atoms with Crippen LogP contribution in [0.2, 0.25) is 0 Å². The number of hydrogen-bond donors (Lipinski definition) is 4. The Morgan fingerprint density at radius 1 is 1.00 bits per heavy atom. The summed E-state index contributed by atoms with van der Waals surface area (Å²) in [4.78, 5) is 54.9. The molecule has 1 aliphatic heterocycles. The molecule has 0 radical (unpaired) electrons. The van der Waals surface area contributed by atoms with Crippen molar-refractivity contribution >= 4 is 23.6 Å². The smallest absolute Gasteiger partial charge is 0.290 e. The van der Waals surface area contributed by atoms with E-state index in [0.29, 0.717) is 49.9 Å². The Balaban J connectivity index is 1.39. The van der Waals surface area contributed by atoms with Crippen molar-refractivity contribution in [3.8, 4) is 0 Å². The van der Waals surface area contributed by atoms with Crippen molar-refractivity contribution in [2.45, 2.75) is 90.3 Å². The number of hydrogen-bond acceptors (Lipinski definition) is 7. The molecule has 1 saturated heterocycles. The monoisotopic (exact) mass is 608 g/mol. The summed E-state index contributed by atoms with van der Waals surface area (Å²) in [5.41, 5.74) is 7.18. The van der Waals surface area contributed by atoms with Gasteiger partial charge in [-0.1, -0.05) is 69.7 Å². The Morgan fingerprint density at radius 3 is 2.41 bits per heavy atom. The Hall–Kier alpha value is -3.73. The summed E-state index contributed by atoms with van der Waals surface area (Å²) in [7, 11) is 0. The molecule has 240 valence electrons. The van der Waals surface area contributed by atoms with Crippen LogP contribution in [-0.2, 0) is 16.1 Å². The van der Waals surface area contributed by atoms with Gasteiger partial charge in [0, 0.05) is 31.3 Å². The topological polar surface area (TPSA) is 160 Å². The molecule has 11 nitrogen and oxygen atoms in total. The van der Waals surface area contributed by atoms with E-state index in [0.717, 1.165) is 44.1 Å². The molecule has 3 atom stereocenters. The predicted molar refractivity (Wildman–Crippen MR) is 166 cm³/mol. The molecular formula is C33H48N6O5. The first-order chi connectivity index (χ1) is 21.3. The lowest BCUT2D eigenvalue weighted by atomic mass is 9.84. The molecule has 2 aliphatic rings. The number of likely N-dealkylation sites (tertiary alicyclic amines) is 1. The van der Waals surface area contributed by atoms with Crippen molar-refractivity contribution in [1.29, 1.82) is 0 Å². The van der Waals surface area contributed by atoms with Crippen LogP contribution in [0, 0.1) is 17.8 Å². The van der Waals surface area contributed by atoms with E-state index < -0.39 is 23.9 Å². The molecule has 0 spiro atoms. The van der Waals surface area contributed by atoms with Gasteiger partial charge >= 0.3 is 0 Å². The Kier molecular flexibility index (Phi) is 12.3. The second-order valence-corrected chi connectivity index (χ2v) is 12.4. The molecule has 2 heterocycles. The first kappa shape index (κ1) is 33.2. The summed E-state index contributed by atoms with van der Waals surface area (Å²) in [5.74, 6) is -0.580. The zero-order valence-corrected chi connectivity index (χ0v) is 26.1. The average molecular weight is 609 g/mol. The van der Waals surface area contributed by atoms with Crippen LogP contribution >= 0.6 is 0 Å². The van der Waals surface area contributed by atoms with Crippen LogP contribution in [0.15, 0.2) is 41.1 Å². The summed E-state index contributed by atoms with van der Waals surface area (Å²) in [6.07, 6.45) is 9.75. The number of carbonyl (C=O) groups is 4. The van der Waals surface area contributed by atoms with E-state index in [4.69, 9.17) is 10.3 Å². The highest BCUT2D eigenvalue weighted by molar-refractivity contribution is 5.97. The third-order valence-electron chi connectivity index (χ3n) is 9.25. The van der Waals surface area contributed by atoms with Gasteiger partial charge < -0.3 is 31.1 Å². The molecule has 4 amide bonds. The minimum absolute atomic E-state index is 0.0187. The molecule has 0 bridgehead atoms. The molecule has 1 aliphatic carbocycles.